The van der Waals surface area contributed by atoms with Crippen LogP contribution in [-0.2, 0) is 5.41 Å². The van der Waals surface area contributed by atoms with E-state index in [9.17, 15) is 0 Å². The second-order valence-corrected chi connectivity index (χ2v) is 16.8. The van der Waals surface area contributed by atoms with Gasteiger partial charge in [0.2, 0.25) is 0 Å². The number of hydrogen-bond acceptors (Lipinski definition) is 4. The molecule has 9 aromatic carbocycles. The van der Waals surface area contributed by atoms with Crippen LogP contribution in [0.2, 0.25) is 0 Å². The quantitative estimate of drug-likeness (QED) is 0.174. The summed E-state index contributed by atoms with van der Waals surface area (Å²) in [6.45, 7) is 4.67. The normalized spacial score (nSPS) is 13.2. The van der Waals surface area contributed by atoms with Crippen LogP contribution in [0.5, 0.6) is 0 Å². The molecule has 12 aromatic rings. The summed E-state index contributed by atoms with van der Waals surface area (Å²) in [6, 6.07) is 66.9. The average Bonchev–Trinajstić information content (AvgIpc) is 4.04. The third kappa shape index (κ3) is 5.00. The summed E-state index contributed by atoms with van der Waals surface area (Å²) in [7, 11) is 0. The van der Waals surface area contributed by atoms with Gasteiger partial charge in [0.25, 0.3) is 0 Å². The molecule has 0 aliphatic heterocycles. The molecule has 4 nitrogen and oxygen atoms in total. The maximum absolute atomic E-state index is 6.80. The van der Waals surface area contributed by atoms with Gasteiger partial charge in [-0.3, -0.25) is 0 Å². The van der Waals surface area contributed by atoms with Gasteiger partial charge in [-0.1, -0.05) is 135 Å². The molecule has 13 rings (SSSR count). The number of furan rings is 3. The molecule has 0 saturated heterocycles. The van der Waals surface area contributed by atoms with Gasteiger partial charge in [0.1, 0.15) is 33.5 Å². The highest BCUT2D eigenvalue weighted by molar-refractivity contribution is 6.18. The summed E-state index contributed by atoms with van der Waals surface area (Å²) in [4.78, 5) is 2.35. The molecule has 1 aliphatic carbocycles. The maximum atomic E-state index is 6.80. The van der Waals surface area contributed by atoms with E-state index in [-0.39, 0.29) is 5.41 Å². The standard InChI is InChI=1S/C57H37NO3/c1-57(2)48-19-8-6-14-41(48)42-28-26-37(30-49(42)57)58(36-24-22-35(23-25-36)40-17-10-18-45-43-15-7-9-20-50(43)61-56(40)45)38-27-29-44-46-32-54-47(33-53(46)60-52(44)31-38)55-39(16-11-21-51(55)59-54)34-12-4-3-5-13-34/h3-33H,1-2H3. The van der Waals surface area contributed by atoms with Crippen molar-refractivity contribution in [2.75, 3.05) is 4.90 Å². The van der Waals surface area contributed by atoms with Gasteiger partial charge < -0.3 is 18.2 Å². The van der Waals surface area contributed by atoms with Gasteiger partial charge in [-0.05, 0) is 99.6 Å². The first-order valence-electron chi connectivity index (χ1n) is 20.9. The monoisotopic (exact) mass is 783 g/mol. The molecule has 0 atom stereocenters. The van der Waals surface area contributed by atoms with Crippen molar-refractivity contribution in [2.45, 2.75) is 19.3 Å². The maximum Gasteiger partial charge on any atom is 0.143 e. The number of nitrogens with zero attached hydrogens (tertiary/aromatic N) is 1. The van der Waals surface area contributed by atoms with Gasteiger partial charge in [-0.2, -0.15) is 0 Å². The number of anilines is 3. The summed E-state index contributed by atoms with van der Waals surface area (Å²) >= 11 is 0. The Morgan fingerprint density at radius 2 is 0.934 bits per heavy atom. The number of fused-ring (bicyclic) bond motifs is 12. The number of para-hydroxylation sites is 2. The van der Waals surface area contributed by atoms with Crippen LogP contribution in [0.15, 0.2) is 201 Å². The van der Waals surface area contributed by atoms with Crippen LogP contribution in [0.25, 0.3) is 99.2 Å². The number of benzene rings is 9. The third-order valence-electron chi connectivity index (χ3n) is 13.1. The van der Waals surface area contributed by atoms with E-state index >= 15 is 0 Å². The molecule has 288 valence electrons. The highest BCUT2D eigenvalue weighted by atomic mass is 16.3. The molecule has 0 bridgehead atoms. The van der Waals surface area contributed by atoms with E-state index in [1.54, 1.807) is 0 Å². The lowest BCUT2D eigenvalue weighted by molar-refractivity contribution is 0.660. The second kappa shape index (κ2) is 12.6. The van der Waals surface area contributed by atoms with Crippen LogP contribution in [0, 0.1) is 0 Å². The Morgan fingerprint density at radius 3 is 1.84 bits per heavy atom. The Morgan fingerprint density at radius 1 is 0.344 bits per heavy atom. The van der Waals surface area contributed by atoms with Crippen molar-refractivity contribution in [2.24, 2.45) is 0 Å². The molecule has 61 heavy (non-hydrogen) atoms. The molecule has 0 spiro atoms. The van der Waals surface area contributed by atoms with E-state index in [2.05, 4.69) is 183 Å². The fraction of sp³-hybridized carbons (Fsp3) is 0.0526. The van der Waals surface area contributed by atoms with Gasteiger partial charge in [0.05, 0.1) is 0 Å². The van der Waals surface area contributed by atoms with E-state index in [0.29, 0.717) is 0 Å². The van der Waals surface area contributed by atoms with E-state index < -0.39 is 0 Å². The molecular formula is C57H37NO3. The second-order valence-electron chi connectivity index (χ2n) is 16.8. The van der Waals surface area contributed by atoms with Gasteiger partial charge in [-0.25, -0.2) is 0 Å². The Kier molecular flexibility index (Phi) is 7.04. The minimum absolute atomic E-state index is 0.146. The SMILES string of the molecule is CC1(C)c2ccccc2-c2ccc(N(c3ccc(-c4cccc5c4oc4ccccc45)cc3)c3ccc4c(c3)oc3cc5c(cc34)oc3cccc(-c4ccccc4)c35)cc21. The molecule has 3 heterocycles. The van der Waals surface area contributed by atoms with Crippen molar-refractivity contribution in [3.63, 3.8) is 0 Å². The summed E-state index contributed by atoms with van der Waals surface area (Å²) in [5.41, 5.74) is 17.9. The Labute approximate surface area is 351 Å². The van der Waals surface area contributed by atoms with Crippen LogP contribution in [-0.4, -0.2) is 0 Å². The largest absolute Gasteiger partial charge is 0.456 e. The van der Waals surface area contributed by atoms with Crippen LogP contribution in [0.4, 0.5) is 17.1 Å². The Bertz CT molecular complexity index is 3730. The fourth-order valence-corrected chi connectivity index (χ4v) is 10.1. The first kappa shape index (κ1) is 34.1. The molecule has 0 unspecified atom stereocenters. The van der Waals surface area contributed by atoms with Crippen molar-refractivity contribution in [1.29, 1.82) is 0 Å². The third-order valence-corrected chi connectivity index (χ3v) is 13.1. The predicted octanol–water partition coefficient (Wildman–Crippen LogP) is 16.5. The first-order chi connectivity index (χ1) is 30.0. The topological polar surface area (TPSA) is 42.7 Å². The van der Waals surface area contributed by atoms with Gasteiger partial charge in [0.15, 0.2) is 0 Å². The molecule has 1 aliphatic rings. The van der Waals surface area contributed by atoms with Gasteiger partial charge in [0, 0.05) is 66.4 Å². The number of hydrogen-bond donors (Lipinski definition) is 0. The first-order valence-corrected chi connectivity index (χ1v) is 20.9. The summed E-state index contributed by atoms with van der Waals surface area (Å²) in [6.07, 6.45) is 0. The van der Waals surface area contributed by atoms with E-state index in [1.807, 2.05) is 24.3 Å². The zero-order valence-corrected chi connectivity index (χ0v) is 33.6. The van der Waals surface area contributed by atoms with Crippen LogP contribution < -0.4 is 4.90 Å². The van der Waals surface area contributed by atoms with Gasteiger partial charge >= 0.3 is 0 Å². The molecule has 4 heteroatoms. The lowest BCUT2D eigenvalue weighted by atomic mass is 9.82. The van der Waals surface area contributed by atoms with Crippen molar-refractivity contribution < 1.29 is 13.3 Å². The molecule has 3 aromatic heterocycles. The molecule has 0 N–H and O–H groups in total. The number of rotatable bonds is 5. The van der Waals surface area contributed by atoms with E-state index in [4.69, 9.17) is 13.3 Å². The highest BCUT2D eigenvalue weighted by Gasteiger charge is 2.36. The highest BCUT2D eigenvalue weighted by Crippen LogP contribution is 2.51. The predicted molar refractivity (Wildman–Crippen MR) is 251 cm³/mol. The van der Waals surface area contributed by atoms with Gasteiger partial charge in [-0.15, -0.1) is 0 Å². The van der Waals surface area contributed by atoms with Crippen molar-refractivity contribution in [3.8, 4) is 33.4 Å². The fourth-order valence-electron chi connectivity index (χ4n) is 10.1. The summed E-state index contributed by atoms with van der Waals surface area (Å²) in [5.74, 6) is 0. The Hall–Kier alpha value is -7.82. The lowest BCUT2D eigenvalue weighted by Crippen LogP contribution is -2.16. The minimum Gasteiger partial charge on any atom is -0.456 e. The zero-order chi connectivity index (χ0) is 40.4. The average molecular weight is 784 g/mol. The van der Waals surface area contributed by atoms with E-state index in [0.717, 1.165) is 105 Å². The van der Waals surface area contributed by atoms with Crippen LogP contribution in [0.1, 0.15) is 25.0 Å². The van der Waals surface area contributed by atoms with E-state index in [1.165, 1.54) is 22.3 Å². The van der Waals surface area contributed by atoms with Crippen LogP contribution >= 0.6 is 0 Å². The lowest BCUT2D eigenvalue weighted by Gasteiger charge is -2.28. The summed E-state index contributed by atoms with van der Waals surface area (Å²) < 4.78 is 19.8. The Balaban J connectivity index is 0.967. The minimum atomic E-state index is -0.146. The van der Waals surface area contributed by atoms with Crippen molar-refractivity contribution in [1.82, 2.24) is 0 Å². The molecule has 0 amide bonds. The molecular weight excluding hydrogens is 747 g/mol. The molecule has 0 saturated carbocycles. The van der Waals surface area contributed by atoms with Crippen molar-refractivity contribution >= 4 is 82.9 Å². The summed E-state index contributed by atoms with van der Waals surface area (Å²) in [5, 5.41) is 6.47. The zero-order valence-electron chi connectivity index (χ0n) is 33.6. The molecule has 0 radical (unpaired) electrons. The smallest absolute Gasteiger partial charge is 0.143 e. The van der Waals surface area contributed by atoms with Crippen LogP contribution in [0.3, 0.4) is 0 Å². The van der Waals surface area contributed by atoms with Crippen molar-refractivity contribution in [3.05, 3.63) is 199 Å². The molecule has 0 fully saturated rings.